The number of anilines is 1. The van der Waals surface area contributed by atoms with E-state index >= 15 is 0 Å². The van der Waals surface area contributed by atoms with Crippen LogP contribution in [0.15, 0.2) is 34.9 Å². The Hall–Kier alpha value is -1.89. The van der Waals surface area contributed by atoms with Crippen LogP contribution in [0.1, 0.15) is 44.0 Å². The number of halogens is 1. The molecule has 0 radical (unpaired) electrons. The van der Waals surface area contributed by atoms with E-state index in [1.54, 1.807) is 6.07 Å². The van der Waals surface area contributed by atoms with Gasteiger partial charge in [0.05, 0.1) is 12.2 Å². The van der Waals surface area contributed by atoms with Crippen LogP contribution in [-0.4, -0.2) is 53.6 Å². The molecule has 1 unspecified atom stereocenters. The Morgan fingerprint density at radius 2 is 1.93 bits per heavy atom. The Bertz CT molecular complexity index is 769. The smallest absolute Gasteiger partial charge is 0.240 e. The molecule has 3 rings (SSSR count). The molecule has 1 N–H and O–H groups in total. The summed E-state index contributed by atoms with van der Waals surface area (Å²) in [5, 5.41) is 7.56. The Balaban J connectivity index is 1.47. The van der Waals surface area contributed by atoms with Crippen molar-refractivity contribution in [3.63, 3.8) is 0 Å². The van der Waals surface area contributed by atoms with Crippen molar-refractivity contribution in [1.82, 2.24) is 15.0 Å². The summed E-state index contributed by atoms with van der Waals surface area (Å²) in [6, 6.07) is 10.0. The lowest BCUT2D eigenvalue weighted by Gasteiger charge is -2.38. The van der Waals surface area contributed by atoms with Gasteiger partial charge in [-0.1, -0.05) is 48.8 Å². The number of carbonyl (C=O) groups is 1. The third-order valence-corrected chi connectivity index (χ3v) is 5.40. The lowest BCUT2D eigenvalue weighted by molar-refractivity contribution is -0.117. The molecule has 7 heteroatoms. The van der Waals surface area contributed by atoms with Crippen LogP contribution in [0, 0.1) is 0 Å². The van der Waals surface area contributed by atoms with Gasteiger partial charge in [-0.15, -0.1) is 0 Å². The Morgan fingerprint density at radius 3 is 2.56 bits per heavy atom. The number of piperazine rings is 1. The molecule has 146 valence electrons. The minimum absolute atomic E-state index is 0.0749. The molecule has 0 bridgehead atoms. The van der Waals surface area contributed by atoms with Crippen molar-refractivity contribution in [2.24, 2.45) is 0 Å². The van der Waals surface area contributed by atoms with Crippen LogP contribution in [0.5, 0.6) is 0 Å². The molecule has 1 aromatic carbocycles. The highest BCUT2D eigenvalue weighted by molar-refractivity contribution is 6.31. The molecule has 1 atom stereocenters. The highest BCUT2D eigenvalue weighted by atomic mass is 35.5. The summed E-state index contributed by atoms with van der Waals surface area (Å²) in [4.78, 5) is 16.8. The van der Waals surface area contributed by atoms with E-state index in [9.17, 15) is 4.79 Å². The van der Waals surface area contributed by atoms with Gasteiger partial charge < -0.3 is 4.52 Å². The number of rotatable bonds is 6. The summed E-state index contributed by atoms with van der Waals surface area (Å²) < 4.78 is 5.17. The fraction of sp³-hybridized carbons (Fsp3) is 0.500. The van der Waals surface area contributed by atoms with E-state index in [0.717, 1.165) is 42.5 Å². The number of aromatic nitrogens is 1. The van der Waals surface area contributed by atoms with Crippen LogP contribution in [0.4, 0.5) is 5.88 Å². The standard InChI is InChI=1S/C20H27ClN4O2/c1-14(2)18-12-20(27-23-18)22-19(26)13-24-8-10-25(11-9-24)15(3)16-6-4-5-7-17(16)21/h4-7,12,14-15H,8-11,13H2,1-3H3,(H,22,26). The van der Waals surface area contributed by atoms with Gasteiger partial charge >= 0.3 is 0 Å². The topological polar surface area (TPSA) is 61.6 Å². The molecule has 1 saturated heterocycles. The van der Waals surface area contributed by atoms with E-state index in [-0.39, 0.29) is 17.9 Å². The van der Waals surface area contributed by atoms with Gasteiger partial charge in [0.15, 0.2) is 0 Å². The van der Waals surface area contributed by atoms with Gasteiger partial charge in [0.1, 0.15) is 0 Å². The number of hydrogen-bond donors (Lipinski definition) is 1. The molecule has 2 heterocycles. The number of hydrogen-bond acceptors (Lipinski definition) is 5. The lowest BCUT2D eigenvalue weighted by atomic mass is 10.1. The van der Waals surface area contributed by atoms with Crippen LogP contribution < -0.4 is 5.32 Å². The van der Waals surface area contributed by atoms with Gasteiger partial charge in [-0.25, -0.2) is 0 Å². The van der Waals surface area contributed by atoms with Gasteiger partial charge in [-0.3, -0.25) is 19.9 Å². The van der Waals surface area contributed by atoms with Crippen molar-refractivity contribution in [3.05, 3.63) is 46.6 Å². The van der Waals surface area contributed by atoms with E-state index in [1.807, 2.05) is 32.0 Å². The quantitative estimate of drug-likeness (QED) is 0.813. The minimum Gasteiger partial charge on any atom is -0.338 e. The van der Waals surface area contributed by atoms with Crippen LogP contribution in [0.3, 0.4) is 0 Å². The van der Waals surface area contributed by atoms with E-state index < -0.39 is 0 Å². The van der Waals surface area contributed by atoms with Gasteiger partial charge in [0.2, 0.25) is 11.8 Å². The molecule has 1 aliphatic rings. The van der Waals surface area contributed by atoms with Gasteiger partial charge in [-0.2, -0.15) is 0 Å². The third kappa shape index (κ3) is 5.09. The average Bonchev–Trinajstić information content (AvgIpc) is 3.11. The highest BCUT2D eigenvalue weighted by Crippen LogP contribution is 2.27. The van der Waals surface area contributed by atoms with Crippen molar-refractivity contribution in [2.45, 2.75) is 32.7 Å². The predicted molar refractivity (Wildman–Crippen MR) is 107 cm³/mol. The van der Waals surface area contributed by atoms with Crippen molar-refractivity contribution in [2.75, 3.05) is 38.0 Å². The molecule has 1 fully saturated rings. The number of amides is 1. The summed E-state index contributed by atoms with van der Waals surface area (Å²) >= 11 is 6.33. The monoisotopic (exact) mass is 390 g/mol. The minimum atomic E-state index is -0.0749. The van der Waals surface area contributed by atoms with Crippen molar-refractivity contribution in [3.8, 4) is 0 Å². The summed E-state index contributed by atoms with van der Waals surface area (Å²) in [5.41, 5.74) is 1.99. The maximum absolute atomic E-state index is 12.3. The fourth-order valence-electron chi connectivity index (χ4n) is 3.32. The van der Waals surface area contributed by atoms with Crippen LogP contribution >= 0.6 is 11.6 Å². The lowest BCUT2D eigenvalue weighted by Crippen LogP contribution is -2.49. The maximum Gasteiger partial charge on any atom is 0.240 e. The van der Waals surface area contributed by atoms with Crippen LogP contribution in [0.25, 0.3) is 0 Å². The van der Waals surface area contributed by atoms with Crippen LogP contribution in [-0.2, 0) is 4.79 Å². The van der Waals surface area contributed by atoms with E-state index in [2.05, 4.69) is 33.3 Å². The van der Waals surface area contributed by atoms with Gasteiger partial charge in [0, 0.05) is 43.3 Å². The predicted octanol–water partition coefficient (Wildman–Crippen LogP) is 3.77. The summed E-state index contributed by atoms with van der Waals surface area (Å²) in [5.74, 6) is 0.608. The molecule has 1 aliphatic heterocycles. The van der Waals surface area contributed by atoms with Crippen LogP contribution in [0.2, 0.25) is 5.02 Å². The first-order valence-corrected chi connectivity index (χ1v) is 9.79. The van der Waals surface area contributed by atoms with Crippen molar-refractivity contribution < 1.29 is 9.32 Å². The zero-order valence-electron chi connectivity index (χ0n) is 16.1. The van der Waals surface area contributed by atoms with E-state index in [4.69, 9.17) is 16.1 Å². The number of nitrogens with zero attached hydrogens (tertiary/aromatic N) is 3. The first-order chi connectivity index (χ1) is 12.9. The Morgan fingerprint density at radius 1 is 1.22 bits per heavy atom. The van der Waals surface area contributed by atoms with Gasteiger partial charge in [-0.05, 0) is 24.5 Å². The van der Waals surface area contributed by atoms with Crippen molar-refractivity contribution in [1.29, 1.82) is 0 Å². The molecule has 27 heavy (non-hydrogen) atoms. The zero-order chi connectivity index (χ0) is 19.4. The second-order valence-corrected chi connectivity index (χ2v) is 7.74. The molecule has 2 aromatic rings. The molecule has 0 spiro atoms. The normalized spacial score (nSPS) is 17.2. The summed E-state index contributed by atoms with van der Waals surface area (Å²) in [6.07, 6.45) is 0. The molecular formula is C20H27ClN4O2. The third-order valence-electron chi connectivity index (χ3n) is 5.06. The molecule has 6 nitrogen and oxygen atoms in total. The number of benzene rings is 1. The highest BCUT2D eigenvalue weighted by Gasteiger charge is 2.24. The van der Waals surface area contributed by atoms with E-state index in [1.165, 1.54) is 0 Å². The molecule has 0 saturated carbocycles. The van der Waals surface area contributed by atoms with Crippen molar-refractivity contribution >= 4 is 23.4 Å². The molecule has 1 aromatic heterocycles. The average molecular weight is 391 g/mol. The number of carbonyl (C=O) groups excluding carboxylic acids is 1. The van der Waals surface area contributed by atoms with Gasteiger partial charge in [0.25, 0.3) is 0 Å². The molecule has 1 amide bonds. The fourth-order valence-corrected chi connectivity index (χ4v) is 3.61. The second-order valence-electron chi connectivity index (χ2n) is 7.33. The number of nitrogens with one attached hydrogen (secondary N) is 1. The zero-order valence-corrected chi connectivity index (χ0v) is 16.9. The molecule has 0 aliphatic carbocycles. The Kier molecular flexibility index (Phi) is 6.52. The van der Waals surface area contributed by atoms with E-state index in [0.29, 0.717) is 12.4 Å². The second kappa shape index (κ2) is 8.87. The SMILES string of the molecule is CC(C)c1cc(NC(=O)CN2CCN(C(C)c3ccccc3Cl)CC2)on1. The first-order valence-electron chi connectivity index (χ1n) is 9.41. The largest absolute Gasteiger partial charge is 0.338 e. The summed E-state index contributed by atoms with van der Waals surface area (Å²) in [6.45, 7) is 10.1. The maximum atomic E-state index is 12.3. The first kappa shape index (κ1) is 19.9. The molecular weight excluding hydrogens is 364 g/mol. The summed E-state index contributed by atoms with van der Waals surface area (Å²) in [7, 11) is 0. The Labute approximate surface area is 165 Å².